The normalized spacial score (nSPS) is 11.0. The molecular formula is C24H19N5OS. The number of rotatable bonds is 5. The highest BCUT2D eigenvalue weighted by atomic mass is 32.1. The van der Waals surface area contributed by atoms with Gasteiger partial charge in [-0.1, -0.05) is 18.2 Å². The van der Waals surface area contributed by atoms with Gasteiger partial charge in [-0.3, -0.25) is 14.3 Å². The Hall–Kier alpha value is -3.84. The van der Waals surface area contributed by atoms with Gasteiger partial charge < -0.3 is 5.32 Å². The molecule has 1 amide bonds. The van der Waals surface area contributed by atoms with E-state index in [9.17, 15) is 4.79 Å². The Morgan fingerprint density at radius 2 is 1.84 bits per heavy atom. The molecule has 6 nitrogen and oxygen atoms in total. The highest BCUT2D eigenvalue weighted by molar-refractivity contribution is 7.09. The molecular weight excluding hydrogens is 406 g/mol. The number of carbonyl (C=O) groups excluding carboxylic acids is 1. The van der Waals surface area contributed by atoms with Crippen LogP contribution < -0.4 is 5.32 Å². The molecule has 5 aromatic rings. The number of thiazole rings is 1. The number of aryl methyl sites for hydroxylation is 1. The number of imidazole rings is 1. The Balaban J connectivity index is 1.33. The number of hydrogen-bond donors (Lipinski definition) is 1. The van der Waals surface area contributed by atoms with E-state index in [0.29, 0.717) is 12.1 Å². The van der Waals surface area contributed by atoms with E-state index >= 15 is 0 Å². The molecule has 0 fully saturated rings. The molecule has 7 heteroatoms. The Bertz CT molecular complexity index is 1360. The summed E-state index contributed by atoms with van der Waals surface area (Å²) < 4.78 is 2.09. The van der Waals surface area contributed by atoms with Crippen LogP contribution in [0.15, 0.2) is 78.4 Å². The summed E-state index contributed by atoms with van der Waals surface area (Å²) in [6.45, 7) is 2.35. The fourth-order valence-corrected chi connectivity index (χ4v) is 4.29. The Labute approximate surface area is 183 Å². The molecule has 0 saturated carbocycles. The van der Waals surface area contributed by atoms with Crippen molar-refractivity contribution in [2.24, 2.45) is 0 Å². The van der Waals surface area contributed by atoms with E-state index in [1.807, 2.05) is 73.0 Å². The van der Waals surface area contributed by atoms with E-state index in [1.165, 1.54) is 11.3 Å². The molecule has 3 aromatic heterocycles. The summed E-state index contributed by atoms with van der Waals surface area (Å²) in [5, 5.41) is 5.80. The summed E-state index contributed by atoms with van der Waals surface area (Å²) in [7, 11) is 0. The molecule has 5 rings (SSSR count). The van der Waals surface area contributed by atoms with Crippen LogP contribution in [-0.4, -0.2) is 25.4 Å². The average Bonchev–Trinajstić information content (AvgIpc) is 3.42. The van der Waals surface area contributed by atoms with E-state index in [1.54, 1.807) is 12.4 Å². The van der Waals surface area contributed by atoms with E-state index in [-0.39, 0.29) is 5.91 Å². The average molecular weight is 426 g/mol. The Morgan fingerprint density at radius 3 is 2.65 bits per heavy atom. The van der Waals surface area contributed by atoms with Crippen LogP contribution in [0.1, 0.15) is 21.2 Å². The van der Waals surface area contributed by atoms with Crippen molar-refractivity contribution in [3.63, 3.8) is 0 Å². The molecule has 0 atom stereocenters. The first-order valence-electron chi connectivity index (χ1n) is 9.86. The first-order chi connectivity index (χ1) is 15.2. The lowest BCUT2D eigenvalue weighted by atomic mass is 10.2. The number of benzene rings is 2. The van der Waals surface area contributed by atoms with Crippen LogP contribution in [0, 0.1) is 6.92 Å². The molecule has 152 valence electrons. The van der Waals surface area contributed by atoms with Crippen molar-refractivity contribution in [2.45, 2.75) is 13.5 Å². The van der Waals surface area contributed by atoms with Crippen molar-refractivity contribution in [3.8, 4) is 16.9 Å². The first-order valence-corrected chi connectivity index (χ1v) is 10.7. The highest BCUT2D eigenvalue weighted by Gasteiger charge is 2.13. The van der Waals surface area contributed by atoms with Crippen LogP contribution in [0.4, 0.5) is 0 Å². The van der Waals surface area contributed by atoms with E-state index in [2.05, 4.69) is 24.8 Å². The van der Waals surface area contributed by atoms with Gasteiger partial charge in [0.1, 0.15) is 10.8 Å². The topological polar surface area (TPSA) is 72.7 Å². The van der Waals surface area contributed by atoms with Gasteiger partial charge in [0.2, 0.25) is 0 Å². The molecule has 0 aliphatic heterocycles. The highest BCUT2D eigenvalue weighted by Crippen LogP contribution is 2.23. The Kier molecular flexibility index (Phi) is 5.01. The maximum atomic E-state index is 12.7. The zero-order chi connectivity index (χ0) is 21.2. The molecule has 3 heterocycles. The monoisotopic (exact) mass is 425 g/mol. The van der Waals surface area contributed by atoms with Gasteiger partial charge in [-0.25, -0.2) is 9.97 Å². The summed E-state index contributed by atoms with van der Waals surface area (Å²) in [6, 6.07) is 19.5. The predicted molar refractivity (Wildman–Crippen MR) is 122 cm³/mol. The summed E-state index contributed by atoms with van der Waals surface area (Å²) in [4.78, 5) is 26.0. The molecule has 0 bridgehead atoms. The zero-order valence-electron chi connectivity index (χ0n) is 16.8. The van der Waals surface area contributed by atoms with Crippen LogP contribution in [0.25, 0.3) is 28.0 Å². The van der Waals surface area contributed by atoms with Crippen molar-refractivity contribution in [1.82, 2.24) is 24.8 Å². The van der Waals surface area contributed by atoms with Gasteiger partial charge in [0.25, 0.3) is 5.91 Å². The third kappa shape index (κ3) is 3.83. The summed E-state index contributed by atoms with van der Waals surface area (Å²) in [5.74, 6) is 0.736. The minimum absolute atomic E-state index is 0.144. The number of nitrogens with zero attached hydrogens (tertiary/aromatic N) is 4. The third-order valence-electron chi connectivity index (χ3n) is 5.03. The van der Waals surface area contributed by atoms with Gasteiger partial charge in [0.15, 0.2) is 0 Å². The number of carbonyl (C=O) groups is 1. The predicted octanol–water partition coefficient (Wildman–Crippen LogP) is 4.78. The second kappa shape index (κ2) is 8.12. The van der Waals surface area contributed by atoms with Crippen LogP contribution in [0.3, 0.4) is 0 Å². The number of para-hydroxylation sites is 1. The van der Waals surface area contributed by atoms with E-state index in [4.69, 9.17) is 0 Å². The molecule has 0 spiro atoms. The molecule has 0 saturated heterocycles. The molecule has 0 unspecified atom stereocenters. The SMILES string of the molecule is Cc1nc2cc(C(=O)NCc3nc(-c4ccncc4)cs3)ccc2n1-c1ccccc1. The number of amides is 1. The number of pyridine rings is 1. The summed E-state index contributed by atoms with van der Waals surface area (Å²) in [6.07, 6.45) is 3.49. The van der Waals surface area contributed by atoms with Crippen molar-refractivity contribution in [1.29, 1.82) is 0 Å². The fraction of sp³-hybridized carbons (Fsp3) is 0.0833. The van der Waals surface area contributed by atoms with E-state index in [0.717, 1.165) is 38.8 Å². The molecule has 31 heavy (non-hydrogen) atoms. The third-order valence-corrected chi connectivity index (χ3v) is 5.88. The molecule has 1 N–H and O–H groups in total. The lowest BCUT2D eigenvalue weighted by Crippen LogP contribution is -2.22. The second-order valence-electron chi connectivity index (χ2n) is 7.08. The molecule has 0 aliphatic carbocycles. The van der Waals surface area contributed by atoms with Gasteiger partial charge in [-0.05, 0) is 49.4 Å². The van der Waals surface area contributed by atoms with Crippen LogP contribution in [0.5, 0.6) is 0 Å². The summed E-state index contributed by atoms with van der Waals surface area (Å²) >= 11 is 1.53. The zero-order valence-corrected chi connectivity index (χ0v) is 17.6. The van der Waals surface area contributed by atoms with Crippen molar-refractivity contribution in [3.05, 3.63) is 94.8 Å². The first kappa shape index (κ1) is 19.1. The maximum absolute atomic E-state index is 12.7. The van der Waals surface area contributed by atoms with Crippen molar-refractivity contribution < 1.29 is 4.79 Å². The number of aromatic nitrogens is 4. The largest absolute Gasteiger partial charge is 0.346 e. The van der Waals surface area contributed by atoms with Crippen molar-refractivity contribution in [2.75, 3.05) is 0 Å². The van der Waals surface area contributed by atoms with Gasteiger partial charge in [-0.15, -0.1) is 11.3 Å². The Morgan fingerprint density at radius 1 is 1.03 bits per heavy atom. The van der Waals surface area contributed by atoms with Gasteiger partial charge in [0.05, 0.1) is 23.3 Å². The lowest BCUT2D eigenvalue weighted by Gasteiger charge is -2.07. The van der Waals surface area contributed by atoms with Gasteiger partial charge in [0, 0.05) is 34.6 Å². The van der Waals surface area contributed by atoms with E-state index < -0.39 is 0 Å². The standard InChI is InChI=1S/C24H19N5OS/c1-16-27-20-13-18(7-8-22(20)29(16)19-5-3-2-4-6-19)24(30)26-14-23-28-21(15-31-23)17-9-11-25-12-10-17/h2-13,15H,14H2,1H3,(H,26,30). The van der Waals surface area contributed by atoms with Gasteiger partial charge >= 0.3 is 0 Å². The summed E-state index contributed by atoms with van der Waals surface area (Å²) in [5.41, 5.74) is 5.30. The lowest BCUT2D eigenvalue weighted by molar-refractivity contribution is 0.0951. The number of hydrogen-bond acceptors (Lipinski definition) is 5. The van der Waals surface area contributed by atoms with Crippen LogP contribution in [-0.2, 0) is 6.54 Å². The van der Waals surface area contributed by atoms with Gasteiger partial charge in [-0.2, -0.15) is 0 Å². The molecule has 0 aliphatic rings. The quantitative estimate of drug-likeness (QED) is 0.440. The number of nitrogens with one attached hydrogen (secondary N) is 1. The minimum atomic E-state index is -0.144. The molecule has 0 radical (unpaired) electrons. The smallest absolute Gasteiger partial charge is 0.251 e. The second-order valence-corrected chi connectivity index (χ2v) is 8.02. The number of fused-ring (bicyclic) bond motifs is 1. The van der Waals surface area contributed by atoms with Crippen LogP contribution >= 0.6 is 11.3 Å². The van der Waals surface area contributed by atoms with Crippen LogP contribution in [0.2, 0.25) is 0 Å². The maximum Gasteiger partial charge on any atom is 0.251 e. The van der Waals surface area contributed by atoms with Crippen molar-refractivity contribution >= 4 is 28.3 Å². The fourth-order valence-electron chi connectivity index (χ4n) is 3.55. The minimum Gasteiger partial charge on any atom is -0.346 e. The molecule has 2 aromatic carbocycles.